The first-order valence-electron chi connectivity index (χ1n) is 6.82. The number of carbonyl (C=O) groups excluding carboxylic acids is 1. The molecule has 98 valence electrons. The minimum absolute atomic E-state index is 0.205. The minimum Gasteiger partial charge on any atom is -0.342 e. The molecular weight excluding hydrogens is 224 g/mol. The lowest BCUT2D eigenvalue weighted by Gasteiger charge is -2.20. The molecule has 0 fully saturated rings. The second-order valence-corrected chi connectivity index (χ2v) is 4.82. The molecule has 3 heteroatoms. The number of hydrogen-bond donors (Lipinski definition) is 1. The van der Waals surface area contributed by atoms with Crippen LogP contribution in [0.2, 0.25) is 0 Å². The molecule has 18 heavy (non-hydrogen) atoms. The van der Waals surface area contributed by atoms with Crippen molar-refractivity contribution in [1.29, 1.82) is 0 Å². The van der Waals surface area contributed by atoms with Gasteiger partial charge in [0, 0.05) is 19.1 Å². The van der Waals surface area contributed by atoms with E-state index < -0.39 is 0 Å². The summed E-state index contributed by atoms with van der Waals surface area (Å²) in [5.74, 6) is 0.205. The number of rotatable bonds is 5. The average Bonchev–Trinajstić information content (AvgIpc) is 2.80. The van der Waals surface area contributed by atoms with Gasteiger partial charge in [0.25, 0.3) is 0 Å². The first-order valence-corrected chi connectivity index (χ1v) is 6.82. The highest BCUT2D eigenvalue weighted by atomic mass is 16.2. The molecule has 0 saturated carbocycles. The highest BCUT2D eigenvalue weighted by molar-refractivity contribution is 5.78. The Morgan fingerprint density at radius 2 is 1.78 bits per heavy atom. The van der Waals surface area contributed by atoms with Crippen LogP contribution < -0.4 is 5.32 Å². The summed E-state index contributed by atoms with van der Waals surface area (Å²) in [6.07, 6.45) is 2.09. The molecule has 1 N–H and O–H groups in total. The molecule has 0 radical (unpaired) electrons. The normalized spacial score (nSPS) is 14.6. The molecule has 1 aliphatic rings. The third-order valence-corrected chi connectivity index (χ3v) is 3.71. The number of hydrogen-bond acceptors (Lipinski definition) is 2. The molecule has 0 aromatic heterocycles. The number of likely N-dealkylation sites (N-methyl/N-ethyl adjacent to an activating group) is 1. The lowest BCUT2D eigenvalue weighted by molar-refractivity contribution is -0.129. The smallest absolute Gasteiger partial charge is 0.236 e. The Morgan fingerprint density at radius 1 is 1.22 bits per heavy atom. The number of nitrogens with one attached hydrogen (secondary N) is 1. The van der Waals surface area contributed by atoms with Crippen LogP contribution in [0.4, 0.5) is 0 Å². The first kappa shape index (κ1) is 13.1. The van der Waals surface area contributed by atoms with Gasteiger partial charge in [-0.05, 0) is 37.8 Å². The summed E-state index contributed by atoms with van der Waals surface area (Å²) < 4.78 is 0. The molecule has 0 saturated heterocycles. The Hall–Kier alpha value is -1.35. The molecule has 0 spiro atoms. The Bertz CT molecular complexity index is 388. The fourth-order valence-corrected chi connectivity index (χ4v) is 2.62. The Kier molecular flexibility index (Phi) is 4.37. The zero-order chi connectivity index (χ0) is 13.0. The molecule has 0 atom stereocenters. The lowest BCUT2D eigenvalue weighted by Crippen LogP contribution is -2.41. The van der Waals surface area contributed by atoms with Crippen LogP contribution in [0.3, 0.4) is 0 Å². The molecule has 1 aliphatic carbocycles. The van der Waals surface area contributed by atoms with Crippen LogP contribution in [-0.2, 0) is 17.6 Å². The Balaban J connectivity index is 1.82. The van der Waals surface area contributed by atoms with Gasteiger partial charge in [-0.25, -0.2) is 0 Å². The summed E-state index contributed by atoms with van der Waals surface area (Å²) >= 11 is 0. The maximum Gasteiger partial charge on any atom is 0.236 e. The highest BCUT2D eigenvalue weighted by Gasteiger charge is 2.21. The van der Waals surface area contributed by atoms with Crippen molar-refractivity contribution in [3.05, 3.63) is 35.4 Å². The van der Waals surface area contributed by atoms with Gasteiger partial charge < -0.3 is 10.2 Å². The fraction of sp³-hybridized carbons (Fsp3) is 0.533. The number of nitrogens with zero attached hydrogens (tertiary/aromatic N) is 1. The van der Waals surface area contributed by atoms with Gasteiger partial charge in [0.15, 0.2) is 0 Å². The number of benzene rings is 1. The van der Waals surface area contributed by atoms with Gasteiger partial charge in [-0.15, -0.1) is 0 Å². The SMILES string of the molecule is CCN(CC)C(=O)CNC1Cc2ccccc2C1. The summed E-state index contributed by atoms with van der Waals surface area (Å²) in [4.78, 5) is 13.8. The fourth-order valence-electron chi connectivity index (χ4n) is 2.62. The largest absolute Gasteiger partial charge is 0.342 e. The van der Waals surface area contributed by atoms with Gasteiger partial charge in [0.05, 0.1) is 6.54 Å². The van der Waals surface area contributed by atoms with E-state index in [1.165, 1.54) is 11.1 Å². The predicted molar refractivity (Wildman–Crippen MR) is 73.6 cm³/mol. The summed E-state index contributed by atoms with van der Waals surface area (Å²) in [5.41, 5.74) is 2.84. The number of fused-ring (bicyclic) bond motifs is 1. The topological polar surface area (TPSA) is 32.3 Å². The highest BCUT2D eigenvalue weighted by Crippen LogP contribution is 2.21. The van der Waals surface area contributed by atoms with Crippen LogP contribution in [0.15, 0.2) is 24.3 Å². The van der Waals surface area contributed by atoms with Crippen LogP contribution >= 0.6 is 0 Å². The molecule has 1 amide bonds. The quantitative estimate of drug-likeness (QED) is 0.856. The molecule has 3 nitrogen and oxygen atoms in total. The first-order chi connectivity index (χ1) is 8.74. The van der Waals surface area contributed by atoms with Crippen molar-refractivity contribution in [2.24, 2.45) is 0 Å². The van der Waals surface area contributed by atoms with Gasteiger partial charge >= 0.3 is 0 Å². The second kappa shape index (κ2) is 6.01. The van der Waals surface area contributed by atoms with E-state index in [9.17, 15) is 4.79 Å². The van der Waals surface area contributed by atoms with E-state index in [0.29, 0.717) is 12.6 Å². The zero-order valence-electron chi connectivity index (χ0n) is 11.3. The van der Waals surface area contributed by atoms with Crippen LogP contribution in [-0.4, -0.2) is 36.5 Å². The van der Waals surface area contributed by atoms with Crippen molar-refractivity contribution in [2.45, 2.75) is 32.7 Å². The van der Waals surface area contributed by atoms with E-state index >= 15 is 0 Å². The van der Waals surface area contributed by atoms with Gasteiger partial charge in [-0.1, -0.05) is 24.3 Å². The van der Waals surface area contributed by atoms with Crippen molar-refractivity contribution >= 4 is 5.91 Å². The van der Waals surface area contributed by atoms with Gasteiger partial charge in [0.1, 0.15) is 0 Å². The minimum atomic E-state index is 0.205. The molecule has 0 aliphatic heterocycles. The average molecular weight is 246 g/mol. The second-order valence-electron chi connectivity index (χ2n) is 4.82. The summed E-state index contributed by atoms with van der Waals surface area (Å²) in [5, 5.41) is 3.39. The van der Waals surface area contributed by atoms with Gasteiger partial charge in [-0.3, -0.25) is 4.79 Å². The summed E-state index contributed by atoms with van der Waals surface area (Å²) in [7, 11) is 0. The molecule has 0 unspecified atom stereocenters. The predicted octanol–water partition coefficient (Wildman–Crippen LogP) is 1.61. The van der Waals surface area contributed by atoms with E-state index in [2.05, 4.69) is 29.6 Å². The number of carbonyl (C=O) groups is 1. The third kappa shape index (κ3) is 2.91. The molecule has 0 heterocycles. The third-order valence-electron chi connectivity index (χ3n) is 3.71. The Labute approximate surface area is 109 Å². The van der Waals surface area contributed by atoms with E-state index in [4.69, 9.17) is 0 Å². The molecule has 1 aromatic carbocycles. The van der Waals surface area contributed by atoms with Crippen LogP contribution in [0.25, 0.3) is 0 Å². The van der Waals surface area contributed by atoms with Crippen LogP contribution in [0, 0.1) is 0 Å². The zero-order valence-corrected chi connectivity index (χ0v) is 11.3. The maximum atomic E-state index is 11.9. The van der Waals surface area contributed by atoms with Crippen molar-refractivity contribution in [3.63, 3.8) is 0 Å². The maximum absolute atomic E-state index is 11.9. The van der Waals surface area contributed by atoms with Gasteiger partial charge in [-0.2, -0.15) is 0 Å². The van der Waals surface area contributed by atoms with Crippen molar-refractivity contribution in [3.8, 4) is 0 Å². The van der Waals surface area contributed by atoms with E-state index in [0.717, 1.165) is 25.9 Å². The molecule has 2 rings (SSSR count). The van der Waals surface area contributed by atoms with E-state index in [1.54, 1.807) is 0 Å². The standard InChI is InChI=1S/C15H22N2O/c1-3-17(4-2)15(18)11-16-14-9-12-7-5-6-8-13(12)10-14/h5-8,14,16H,3-4,9-11H2,1-2H3. The monoisotopic (exact) mass is 246 g/mol. The summed E-state index contributed by atoms with van der Waals surface area (Å²) in [6, 6.07) is 8.96. The molecule has 0 bridgehead atoms. The van der Waals surface area contributed by atoms with Crippen molar-refractivity contribution < 1.29 is 4.79 Å². The van der Waals surface area contributed by atoms with Crippen molar-refractivity contribution in [2.75, 3.05) is 19.6 Å². The van der Waals surface area contributed by atoms with Crippen LogP contribution in [0.5, 0.6) is 0 Å². The van der Waals surface area contributed by atoms with Crippen molar-refractivity contribution in [1.82, 2.24) is 10.2 Å². The number of amides is 1. The Morgan fingerprint density at radius 3 is 2.28 bits per heavy atom. The van der Waals surface area contributed by atoms with E-state index in [1.807, 2.05) is 18.7 Å². The van der Waals surface area contributed by atoms with Crippen LogP contribution in [0.1, 0.15) is 25.0 Å². The molecular formula is C15H22N2O. The molecule has 1 aromatic rings. The van der Waals surface area contributed by atoms with Gasteiger partial charge in [0.2, 0.25) is 5.91 Å². The lowest BCUT2D eigenvalue weighted by atomic mass is 10.1. The summed E-state index contributed by atoms with van der Waals surface area (Å²) in [6.45, 7) is 6.09. The van der Waals surface area contributed by atoms with E-state index in [-0.39, 0.29) is 5.91 Å².